The largest absolute Gasteiger partial charge is 0.310 e. The molecule has 2 atom stereocenters. The monoisotopic (exact) mass is 845 g/mol. The number of hydrogen-bond donors (Lipinski definition) is 0. The summed E-state index contributed by atoms with van der Waals surface area (Å²) < 4.78 is 0. The minimum Gasteiger partial charge on any atom is -0.310 e. The van der Waals surface area contributed by atoms with E-state index in [0.29, 0.717) is 5.41 Å². The van der Waals surface area contributed by atoms with Crippen LogP contribution in [-0.2, 0) is 16.2 Å². The van der Waals surface area contributed by atoms with E-state index in [1.54, 1.807) is 5.56 Å². The molecule has 6 aliphatic carbocycles. The van der Waals surface area contributed by atoms with Gasteiger partial charge in [-0.05, 0) is 164 Å². The van der Waals surface area contributed by atoms with E-state index in [9.17, 15) is 0 Å². The second-order valence-corrected chi connectivity index (χ2v) is 20.1. The molecule has 316 valence electrons. The van der Waals surface area contributed by atoms with Crippen LogP contribution in [0.1, 0.15) is 82.2 Å². The van der Waals surface area contributed by atoms with E-state index in [1.807, 2.05) is 0 Å². The highest BCUT2D eigenvalue weighted by Crippen LogP contribution is 2.66. The van der Waals surface area contributed by atoms with Gasteiger partial charge in [-0.2, -0.15) is 0 Å². The van der Waals surface area contributed by atoms with Crippen molar-refractivity contribution >= 4 is 17.1 Å². The number of hydrogen-bond acceptors (Lipinski definition) is 1. The molecule has 0 radical (unpaired) electrons. The van der Waals surface area contributed by atoms with E-state index in [0.717, 1.165) is 29.1 Å². The van der Waals surface area contributed by atoms with Crippen LogP contribution in [0.25, 0.3) is 22.3 Å². The van der Waals surface area contributed by atoms with Crippen molar-refractivity contribution < 1.29 is 0 Å². The van der Waals surface area contributed by atoms with Crippen molar-refractivity contribution in [3.05, 3.63) is 281 Å². The van der Waals surface area contributed by atoms with Gasteiger partial charge in [-0.15, -0.1) is 0 Å². The Bertz CT molecular complexity index is 3020. The van der Waals surface area contributed by atoms with Gasteiger partial charge in [-0.1, -0.05) is 194 Å². The van der Waals surface area contributed by atoms with Gasteiger partial charge in [0, 0.05) is 17.1 Å². The second-order valence-electron chi connectivity index (χ2n) is 20.1. The van der Waals surface area contributed by atoms with E-state index in [1.165, 1.54) is 105 Å². The summed E-state index contributed by atoms with van der Waals surface area (Å²) >= 11 is 0. The lowest BCUT2D eigenvalue weighted by molar-refractivity contribution is 0.266. The molecule has 0 saturated heterocycles. The Labute approximate surface area is 389 Å². The third-order valence-corrected chi connectivity index (χ3v) is 17.1. The first kappa shape index (κ1) is 38.1. The van der Waals surface area contributed by atoms with E-state index >= 15 is 0 Å². The molecule has 4 bridgehead atoms. The number of anilines is 3. The molecule has 66 heavy (non-hydrogen) atoms. The van der Waals surface area contributed by atoms with Gasteiger partial charge >= 0.3 is 0 Å². The van der Waals surface area contributed by atoms with Crippen molar-refractivity contribution in [2.75, 3.05) is 4.90 Å². The molecule has 0 N–H and O–H groups in total. The normalized spacial score (nSPS) is 21.8. The molecule has 4 fully saturated rings. The predicted octanol–water partition coefficient (Wildman–Crippen LogP) is 16.0. The van der Waals surface area contributed by atoms with Gasteiger partial charge in [-0.3, -0.25) is 0 Å². The summed E-state index contributed by atoms with van der Waals surface area (Å²) in [6.07, 6.45) is 7.07. The summed E-state index contributed by atoms with van der Waals surface area (Å²) in [7, 11) is 0. The summed E-state index contributed by atoms with van der Waals surface area (Å²) in [5, 5.41) is 0. The Hall–Kier alpha value is -7.22. The van der Waals surface area contributed by atoms with Crippen LogP contribution in [0.15, 0.2) is 231 Å². The fourth-order valence-electron chi connectivity index (χ4n) is 14.8. The topological polar surface area (TPSA) is 3.24 Å². The minimum atomic E-state index is -0.450. The maximum absolute atomic E-state index is 2.54. The maximum Gasteiger partial charge on any atom is 0.0713 e. The lowest BCUT2D eigenvalue weighted by Crippen LogP contribution is -2.28. The van der Waals surface area contributed by atoms with Crippen LogP contribution in [0.5, 0.6) is 0 Å². The third kappa shape index (κ3) is 5.17. The van der Waals surface area contributed by atoms with E-state index < -0.39 is 10.8 Å². The molecule has 1 nitrogen and oxygen atoms in total. The summed E-state index contributed by atoms with van der Waals surface area (Å²) in [4.78, 5) is 2.54. The van der Waals surface area contributed by atoms with Crippen LogP contribution in [0, 0.1) is 17.8 Å². The highest BCUT2D eigenvalue weighted by atomic mass is 15.1. The molecule has 0 amide bonds. The molecule has 1 heteroatoms. The molecule has 9 aromatic rings. The van der Waals surface area contributed by atoms with Crippen LogP contribution >= 0.6 is 0 Å². The van der Waals surface area contributed by atoms with Gasteiger partial charge in [0.2, 0.25) is 0 Å². The summed E-state index contributed by atoms with van der Waals surface area (Å²) in [5.41, 5.74) is 20.2. The van der Waals surface area contributed by atoms with Gasteiger partial charge in [0.1, 0.15) is 0 Å². The second kappa shape index (κ2) is 14.4. The number of benzene rings is 9. The van der Waals surface area contributed by atoms with Gasteiger partial charge < -0.3 is 4.90 Å². The molecule has 9 aromatic carbocycles. The number of fused-ring (bicyclic) bond motifs is 6. The molecule has 4 saturated carbocycles. The molecule has 6 aliphatic rings. The van der Waals surface area contributed by atoms with Gasteiger partial charge in [-0.25, -0.2) is 0 Å². The van der Waals surface area contributed by atoms with E-state index in [-0.39, 0.29) is 0 Å². The van der Waals surface area contributed by atoms with Crippen LogP contribution in [-0.4, -0.2) is 0 Å². The van der Waals surface area contributed by atoms with Crippen molar-refractivity contribution in [1.29, 1.82) is 0 Å². The standard InChI is InChI=1S/C65H51N/c1-5-17-47(18-6-1)64(48-19-7-2-8-20-48)59-27-15-13-25-55(59)57-40-53(33-35-61(57)64)66(52-31-29-46(30-32-52)63-42-44-37-45(43-63)39-51(63)38-44)54-34-36-62-58(41-54)56-26-14-16-28-60(56)65(62,49-21-9-3-10-22-49)50-23-11-4-12-24-50/h1-36,40-41,44-45,51H,37-39,42-43H2. The SMILES string of the molecule is c1ccc(C2(c3ccccc3)c3ccccc3-c3cc(N(c4ccc(C56CC7CC(CC5C7)C6)cc4)c4ccc5c(c4)-c4ccccc4C5(c4ccccc4)c4ccccc4)ccc32)cc1. The Balaban J connectivity index is 0.987. The van der Waals surface area contributed by atoms with Gasteiger partial charge in [0.05, 0.1) is 10.8 Å². The van der Waals surface area contributed by atoms with Crippen molar-refractivity contribution in [3.63, 3.8) is 0 Å². The molecular formula is C65H51N. The first-order chi connectivity index (χ1) is 32.7. The predicted molar refractivity (Wildman–Crippen MR) is 271 cm³/mol. The quantitative estimate of drug-likeness (QED) is 0.147. The fraction of sp³-hybridized carbons (Fsp3) is 0.169. The number of rotatable bonds is 8. The summed E-state index contributed by atoms with van der Waals surface area (Å²) in [6.45, 7) is 0. The number of nitrogens with zero attached hydrogens (tertiary/aromatic N) is 1. The van der Waals surface area contributed by atoms with E-state index in [2.05, 4.69) is 235 Å². The summed E-state index contributed by atoms with van der Waals surface area (Å²) in [6, 6.07) is 87.5. The lowest BCUT2D eigenvalue weighted by Gasteiger charge is -2.35. The van der Waals surface area contributed by atoms with Gasteiger partial charge in [0.15, 0.2) is 0 Å². The Kier molecular flexibility index (Phi) is 8.30. The first-order valence-corrected chi connectivity index (χ1v) is 24.3. The molecule has 0 spiro atoms. The van der Waals surface area contributed by atoms with Crippen molar-refractivity contribution in [3.8, 4) is 22.3 Å². The fourth-order valence-corrected chi connectivity index (χ4v) is 14.8. The molecule has 0 heterocycles. The van der Waals surface area contributed by atoms with Crippen LogP contribution < -0.4 is 4.90 Å². The zero-order valence-electron chi connectivity index (χ0n) is 37.2. The zero-order chi connectivity index (χ0) is 43.5. The molecule has 0 aliphatic heterocycles. The summed E-state index contributed by atoms with van der Waals surface area (Å²) in [5.74, 6) is 2.68. The van der Waals surface area contributed by atoms with Crippen molar-refractivity contribution in [1.82, 2.24) is 0 Å². The zero-order valence-corrected chi connectivity index (χ0v) is 37.2. The average Bonchev–Trinajstić information content (AvgIpc) is 4.03. The third-order valence-electron chi connectivity index (χ3n) is 17.1. The highest BCUT2D eigenvalue weighted by Gasteiger charge is 2.58. The highest BCUT2D eigenvalue weighted by molar-refractivity contribution is 5.93. The Morgan fingerprint density at radius 2 is 0.667 bits per heavy atom. The molecule has 2 unspecified atom stereocenters. The van der Waals surface area contributed by atoms with Crippen LogP contribution in [0.2, 0.25) is 0 Å². The smallest absolute Gasteiger partial charge is 0.0713 e. The van der Waals surface area contributed by atoms with Crippen LogP contribution in [0.3, 0.4) is 0 Å². The van der Waals surface area contributed by atoms with Crippen LogP contribution in [0.4, 0.5) is 17.1 Å². The molecule has 15 rings (SSSR count). The lowest BCUT2D eigenvalue weighted by atomic mass is 9.67. The van der Waals surface area contributed by atoms with E-state index in [4.69, 9.17) is 0 Å². The minimum absolute atomic E-state index is 0.363. The average molecular weight is 846 g/mol. The Morgan fingerprint density at radius 1 is 0.303 bits per heavy atom. The molecule has 0 aromatic heterocycles. The molecular weight excluding hydrogens is 795 g/mol. The first-order valence-electron chi connectivity index (χ1n) is 24.3. The van der Waals surface area contributed by atoms with Crippen molar-refractivity contribution in [2.45, 2.75) is 48.3 Å². The maximum atomic E-state index is 2.54. The van der Waals surface area contributed by atoms with Crippen molar-refractivity contribution in [2.24, 2.45) is 17.8 Å². The van der Waals surface area contributed by atoms with Gasteiger partial charge in [0.25, 0.3) is 0 Å². The Morgan fingerprint density at radius 3 is 1.09 bits per heavy atom.